The average Bonchev–Trinajstić information content (AvgIpc) is 2.98. The number of likely N-dealkylation sites (tertiary alicyclic amines) is 1. The van der Waals surface area contributed by atoms with Gasteiger partial charge in [-0.2, -0.15) is 0 Å². The van der Waals surface area contributed by atoms with Crippen LogP contribution >= 0.6 is 0 Å². The van der Waals surface area contributed by atoms with Crippen molar-refractivity contribution in [2.24, 2.45) is 11.8 Å². The summed E-state index contributed by atoms with van der Waals surface area (Å²) in [5.74, 6) is -0.198. The van der Waals surface area contributed by atoms with Crippen LogP contribution in [0.25, 0.3) is 10.9 Å². The van der Waals surface area contributed by atoms with Gasteiger partial charge in [0.25, 0.3) is 0 Å². The summed E-state index contributed by atoms with van der Waals surface area (Å²) in [6, 6.07) is 3.79. The van der Waals surface area contributed by atoms with Gasteiger partial charge in [-0.15, -0.1) is 0 Å². The number of rotatable bonds is 5. The van der Waals surface area contributed by atoms with E-state index in [1.807, 2.05) is 6.92 Å². The van der Waals surface area contributed by atoms with Crippen molar-refractivity contribution < 1.29 is 18.7 Å². The van der Waals surface area contributed by atoms with Crippen molar-refractivity contribution in [3.63, 3.8) is 0 Å². The van der Waals surface area contributed by atoms with Crippen LogP contribution < -0.4 is 5.32 Å². The maximum Gasteiger partial charge on any atom is 0.356 e. The molecule has 1 aliphatic heterocycles. The van der Waals surface area contributed by atoms with Crippen molar-refractivity contribution in [2.45, 2.75) is 40.2 Å². The van der Waals surface area contributed by atoms with Crippen molar-refractivity contribution in [2.75, 3.05) is 25.0 Å². The summed E-state index contributed by atoms with van der Waals surface area (Å²) in [6.07, 6.45) is 1.15. The van der Waals surface area contributed by atoms with Crippen LogP contribution in [0.2, 0.25) is 0 Å². The number of carbonyl (C=O) groups is 2. The van der Waals surface area contributed by atoms with E-state index in [9.17, 15) is 14.0 Å². The largest absolute Gasteiger partial charge is 0.461 e. The van der Waals surface area contributed by atoms with Gasteiger partial charge in [-0.05, 0) is 50.3 Å². The summed E-state index contributed by atoms with van der Waals surface area (Å²) in [6.45, 7) is 9.86. The van der Waals surface area contributed by atoms with E-state index in [0.717, 1.165) is 19.5 Å². The Kier molecular flexibility index (Phi) is 6.03. The number of hydrogen-bond donors (Lipinski definition) is 2. The highest BCUT2D eigenvalue weighted by Crippen LogP contribution is 2.30. The number of nitrogens with zero attached hydrogens (tertiary/aromatic N) is 1. The Bertz CT molecular complexity index is 869. The lowest BCUT2D eigenvalue weighted by Gasteiger charge is -2.38. The summed E-state index contributed by atoms with van der Waals surface area (Å²) < 4.78 is 18.9. The van der Waals surface area contributed by atoms with Crippen LogP contribution in [-0.4, -0.2) is 47.5 Å². The molecule has 2 aromatic rings. The summed E-state index contributed by atoms with van der Waals surface area (Å²) in [5.41, 5.74) is 0.957. The molecule has 1 fully saturated rings. The van der Waals surface area contributed by atoms with Gasteiger partial charge in [-0.25, -0.2) is 9.18 Å². The van der Waals surface area contributed by atoms with Crippen LogP contribution in [0.1, 0.15) is 44.6 Å². The van der Waals surface area contributed by atoms with Gasteiger partial charge in [0.2, 0.25) is 5.91 Å². The van der Waals surface area contributed by atoms with Crippen molar-refractivity contribution in [1.82, 2.24) is 9.88 Å². The number of amides is 1. The number of anilines is 1. The van der Waals surface area contributed by atoms with Crippen LogP contribution in [0, 0.1) is 17.7 Å². The van der Waals surface area contributed by atoms with Gasteiger partial charge >= 0.3 is 5.97 Å². The number of fused-ring (bicyclic) bond motifs is 1. The molecule has 3 atom stereocenters. The highest BCUT2D eigenvalue weighted by Gasteiger charge is 2.30. The van der Waals surface area contributed by atoms with E-state index in [2.05, 4.69) is 29.0 Å². The topological polar surface area (TPSA) is 74.4 Å². The van der Waals surface area contributed by atoms with E-state index in [1.54, 1.807) is 13.0 Å². The van der Waals surface area contributed by atoms with E-state index < -0.39 is 11.8 Å². The number of piperidine rings is 1. The zero-order chi connectivity index (χ0) is 20.4. The lowest BCUT2D eigenvalue weighted by molar-refractivity contribution is -0.121. The molecule has 28 heavy (non-hydrogen) atoms. The second-order valence-corrected chi connectivity index (χ2v) is 7.85. The van der Waals surface area contributed by atoms with E-state index >= 15 is 0 Å². The first kappa shape index (κ1) is 20.3. The Hall–Kier alpha value is -2.41. The normalized spacial score (nSPS) is 21.5. The van der Waals surface area contributed by atoms with Gasteiger partial charge < -0.3 is 15.0 Å². The van der Waals surface area contributed by atoms with Crippen LogP contribution in [0.3, 0.4) is 0 Å². The summed E-state index contributed by atoms with van der Waals surface area (Å²) >= 11 is 0. The molecule has 6 nitrogen and oxygen atoms in total. The molecule has 0 saturated carbocycles. The van der Waals surface area contributed by atoms with Gasteiger partial charge in [0.05, 0.1) is 18.3 Å². The van der Waals surface area contributed by atoms with Crippen molar-refractivity contribution in [3.05, 3.63) is 29.7 Å². The number of nitrogens with one attached hydrogen (secondary N) is 2. The van der Waals surface area contributed by atoms with Gasteiger partial charge in [0.15, 0.2) is 0 Å². The number of halogens is 1. The SMILES string of the molecule is CCOC(=O)c1[nH]c2ccc(F)cc2c1NC(=O)[C@@H](C)N1C[C@@H](C)C[C@H](C)C1. The number of carbonyl (C=O) groups excluding carboxylic acids is 2. The molecule has 1 aromatic heterocycles. The Balaban J connectivity index is 1.89. The molecule has 152 valence electrons. The van der Waals surface area contributed by atoms with Crippen molar-refractivity contribution in [3.8, 4) is 0 Å². The highest BCUT2D eigenvalue weighted by molar-refractivity contribution is 6.11. The molecule has 0 aliphatic carbocycles. The number of aromatic nitrogens is 1. The molecule has 0 unspecified atom stereocenters. The monoisotopic (exact) mass is 389 g/mol. The Labute approximate surface area is 164 Å². The van der Waals surface area contributed by atoms with Crippen LogP contribution in [0.4, 0.5) is 10.1 Å². The van der Waals surface area contributed by atoms with Gasteiger partial charge in [-0.1, -0.05) is 13.8 Å². The van der Waals surface area contributed by atoms with Crippen LogP contribution in [0.15, 0.2) is 18.2 Å². The number of ether oxygens (including phenoxy) is 1. The molecule has 0 bridgehead atoms. The molecule has 1 saturated heterocycles. The highest BCUT2D eigenvalue weighted by atomic mass is 19.1. The average molecular weight is 389 g/mol. The number of H-pyrrole nitrogens is 1. The quantitative estimate of drug-likeness (QED) is 0.763. The van der Waals surface area contributed by atoms with Crippen molar-refractivity contribution in [1.29, 1.82) is 0 Å². The predicted octanol–water partition coefficient (Wildman–Crippen LogP) is 3.79. The molecule has 1 aliphatic rings. The summed E-state index contributed by atoms with van der Waals surface area (Å²) in [7, 11) is 0. The van der Waals surface area contributed by atoms with Crippen molar-refractivity contribution >= 4 is 28.5 Å². The summed E-state index contributed by atoms with van der Waals surface area (Å²) in [4.78, 5) is 30.4. The molecule has 2 N–H and O–H groups in total. The fraction of sp³-hybridized carbons (Fsp3) is 0.524. The standard InChI is InChI=1S/C21H28FN3O3/c1-5-28-21(27)19-18(16-9-15(22)6-7-17(16)23-19)24-20(26)14(4)25-10-12(2)8-13(3)11-25/h6-7,9,12-14,23H,5,8,10-11H2,1-4H3,(H,24,26)/t12-,13-,14+/m0/s1. The molecule has 7 heteroatoms. The van der Waals surface area contributed by atoms with E-state index in [4.69, 9.17) is 4.74 Å². The molecular formula is C21H28FN3O3. The minimum atomic E-state index is -0.581. The smallest absolute Gasteiger partial charge is 0.356 e. The Morgan fingerprint density at radius 1 is 1.32 bits per heavy atom. The van der Waals surface area contributed by atoms with E-state index in [0.29, 0.717) is 22.7 Å². The zero-order valence-corrected chi connectivity index (χ0v) is 16.8. The zero-order valence-electron chi connectivity index (χ0n) is 16.8. The Morgan fingerprint density at radius 2 is 2.00 bits per heavy atom. The first-order valence-electron chi connectivity index (χ1n) is 9.83. The lowest BCUT2D eigenvalue weighted by atomic mass is 9.91. The van der Waals surface area contributed by atoms with Gasteiger partial charge in [0.1, 0.15) is 11.5 Å². The van der Waals surface area contributed by atoms with Crippen LogP contribution in [-0.2, 0) is 9.53 Å². The third kappa shape index (κ3) is 4.19. The van der Waals surface area contributed by atoms with E-state index in [-0.39, 0.29) is 29.9 Å². The number of esters is 1. The fourth-order valence-electron chi connectivity index (χ4n) is 4.07. The lowest BCUT2D eigenvalue weighted by Crippen LogP contribution is -2.48. The maximum atomic E-state index is 13.8. The molecule has 2 heterocycles. The van der Waals surface area contributed by atoms with E-state index in [1.165, 1.54) is 12.1 Å². The molecule has 0 spiro atoms. The second-order valence-electron chi connectivity index (χ2n) is 7.85. The predicted molar refractivity (Wildman–Crippen MR) is 107 cm³/mol. The minimum absolute atomic E-state index is 0.128. The molecule has 1 amide bonds. The van der Waals surface area contributed by atoms with Crippen LogP contribution in [0.5, 0.6) is 0 Å². The fourth-order valence-corrected chi connectivity index (χ4v) is 4.07. The molecule has 3 rings (SSSR count). The summed E-state index contributed by atoms with van der Waals surface area (Å²) in [5, 5.41) is 3.30. The molecule has 0 radical (unpaired) electrons. The van der Waals surface area contributed by atoms with Gasteiger partial charge in [0, 0.05) is 24.0 Å². The third-order valence-corrected chi connectivity index (χ3v) is 5.31. The number of benzene rings is 1. The second kappa shape index (κ2) is 8.31. The first-order valence-corrected chi connectivity index (χ1v) is 9.83. The van der Waals surface area contributed by atoms with Gasteiger partial charge in [-0.3, -0.25) is 9.69 Å². The molecular weight excluding hydrogens is 361 g/mol. The maximum absolute atomic E-state index is 13.8. The minimum Gasteiger partial charge on any atom is -0.461 e. The number of hydrogen-bond acceptors (Lipinski definition) is 4. The first-order chi connectivity index (χ1) is 13.3. The molecule has 1 aromatic carbocycles. The third-order valence-electron chi connectivity index (χ3n) is 5.31. The Morgan fingerprint density at radius 3 is 2.64 bits per heavy atom. The number of aromatic amines is 1.